The molecule has 84 valence electrons. The number of rotatable bonds is 7. The summed E-state index contributed by atoms with van der Waals surface area (Å²) < 4.78 is 4.70. The van der Waals surface area contributed by atoms with E-state index in [0.717, 1.165) is 19.6 Å². The maximum atomic E-state index is 11.2. The van der Waals surface area contributed by atoms with Crippen LogP contribution < -0.4 is 0 Å². The van der Waals surface area contributed by atoms with Gasteiger partial charge in [-0.25, -0.2) is 0 Å². The lowest BCUT2D eigenvalue weighted by atomic mass is 10.1. The molecule has 0 aliphatic carbocycles. The Hall–Kier alpha value is -0.570. The summed E-state index contributed by atoms with van der Waals surface area (Å²) >= 11 is 0. The largest absolute Gasteiger partial charge is 0.469 e. The molecule has 14 heavy (non-hydrogen) atoms. The Labute approximate surface area is 87.4 Å². The molecule has 0 aromatic carbocycles. The number of hydrogen-bond donors (Lipinski definition) is 0. The molecule has 0 heterocycles. The van der Waals surface area contributed by atoms with E-state index in [1.165, 1.54) is 20.0 Å². The second-order valence-corrected chi connectivity index (χ2v) is 3.67. The molecule has 0 N–H and O–H groups in total. The normalized spacial score (nSPS) is 12.9. The van der Waals surface area contributed by atoms with Crippen LogP contribution in [-0.4, -0.2) is 37.6 Å². The van der Waals surface area contributed by atoms with Crippen molar-refractivity contribution >= 4 is 5.97 Å². The Bertz CT molecular complexity index is 159. The lowest BCUT2D eigenvalue weighted by Crippen LogP contribution is -2.33. The van der Waals surface area contributed by atoms with Crippen molar-refractivity contribution in [2.24, 2.45) is 5.92 Å². The maximum absolute atomic E-state index is 11.2. The summed E-state index contributed by atoms with van der Waals surface area (Å²) in [5.74, 6) is -0.128. The zero-order valence-electron chi connectivity index (χ0n) is 9.88. The standard InChI is InChI=1S/C11H23NO2/c1-5-7-8-12(6-2)9-10(3)11(13)14-4/h10H,5-9H2,1-4H3. The third-order valence-corrected chi connectivity index (χ3v) is 2.41. The van der Waals surface area contributed by atoms with E-state index in [0.29, 0.717) is 0 Å². The van der Waals surface area contributed by atoms with Crippen molar-refractivity contribution in [3.63, 3.8) is 0 Å². The van der Waals surface area contributed by atoms with Crippen LogP contribution in [0.2, 0.25) is 0 Å². The molecule has 0 aromatic heterocycles. The number of carbonyl (C=O) groups excluding carboxylic acids is 1. The highest BCUT2D eigenvalue weighted by molar-refractivity contribution is 5.72. The molecule has 0 fully saturated rings. The van der Waals surface area contributed by atoms with E-state index in [2.05, 4.69) is 18.7 Å². The second-order valence-electron chi connectivity index (χ2n) is 3.67. The second kappa shape index (κ2) is 7.80. The lowest BCUT2D eigenvalue weighted by Gasteiger charge is -2.22. The first-order valence-electron chi connectivity index (χ1n) is 5.45. The first-order valence-corrected chi connectivity index (χ1v) is 5.45. The van der Waals surface area contributed by atoms with Crippen LogP contribution >= 0.6 is 0 Å². The van der Waals surface area contributed by atoms with Gasteiger partial charge in [-0.15, -0.1) is 0 Å². The van der Waals surface area contributed by atoms with Gasteiger partial charge in [0.05, 0.1) is 13.0 Å². The van der Waals surface area contributed by atoms with Crippen LogP contribution in [0, 0.1) is 5.92 Å². The highest BCUT2D eigenvalue weighted by Crippen LogP contribution is 2.03. The van der Waals surface area contributed by atoms with Crippen LogP contribution in [0.15, 0.2) is 0 Å². The molecular formula is C11H23NO2. The summed E-state index contributed by atoms with van der Waals surface area (Å²) in [5.41, 5.74) is 0. The van der Waals surface area contributed by atoms with E-state index in [1.807, 2.05) is 6.92 Å². The summed E-state index contributed by atoms with van der Waals surface area (Å²) in [6.07, 6.45) is 2.39. The van der Waals surface area contributed by atoms with E-state index < -0.39 is 0 Å². The highest BCUT2D eigenvalue weighted by Gasteiger charge is 2.15. The molecule has 0 radical (unpaired) electrons. The van der Waals surface area contributed by atoms with Crippen LogP contribution in [0.3, 0.4) is 0 Å². The number of nitrogens with zero attached hydrogens (tertiary/aromatic N) is 1. The fourth-order valence-electron chi connectivity index (χ4n) is 1.42. The third-order valence-electron chi connectivity index (χ3n) is 2.41. The van der Waals surface area contributed by atoms with E-state index in [-0.39, 0.29) is 11.9 Å². The monoisotopic (exact) mass is 201 g/mol. The molecule has 0 amide bonds. The Morgan fingerprint density at radius 2 is 2.07 bits per heavy atom. The highest BCUT2D eigenvalue weighted by atomic mass is 16.5. The summed E-state index contributed by atoms with van der Waals surface area (Å²) in [7, 11) is 1.45. The molecular weight excluding hydrogens is 178 g/mol. The Morgan fingerprint density at radius 1 is 1.43 bits per heavy atom. The van der Waals surface area contributed by atoms with Crippen LogP contribution in [0.25, 0.3) is 0 Å². The summed E-state index contributed by atoms with van der Waals surface area (Å²) in [6.45, 7) is 9.11. The summed E-state index contributed by atoms with van der Waals surface area (Å²) in [4.78, 5) is 13.5. The number of carbonyl (C=O) groups is 1. The molecule has 0 aliphatic heterocycles. The van der Waals surface area contributed by atoms with Crippen LogP contribution in [-0.2, 0) is 9.53 Å². The average molecular weight is 201 g/mol. The molecule has 0 saturated heterocycles. The molecule has 0 saturated carbocycles. The SMILES string of the molecule is CCCCN(CC)CC(C)C(=O)OC. The number of unbranched alkanes of at least 4 members (excludes halogenated alkanes) is 1. The molecule has 0 aliphatic rings. The fraction of sp³-hybridized carbons (Fsp3) is 0.909. The van der Waals surface area contributed by atoms with Crippen LogP contribution in [0.1, 0.15) is 33.6 Å². The van der Waals surface area contributed by atoms with Crippen LogP contribution in [0.5, 0.6) is 0 Å². The predicted molar refractivity (Wildman–Crippen MR) is 58.2 cm³/mol. The summed E-state index contributed by atoms with van der Waals surface area (Å²) in [6, 6.07) is 0. The van der Waals surface area contributed by atoms with E-state index in [1.54, 1.807) is 0 Å². The first-order chi connectivity index (χ1) is 6.65. The molecule has 1 atom stereocenters. The topological polar surface area (TPSA) is 29.5 Å². The van der Waals surface area contributed by atoms with Crippen molar-refractivity contribution in [1.29, 1.82) is 0 Å². The minimum atomic E-state index is -0.111. The molecule has 0 spiro atoms. The predicted octanol–water partition coefficient (Wildman–Crippen LogP) is 1.92. The smallest absolute Gasteiger partial charge is 0.309 e. The van der Waals surface area contributed by atoms with Gasteiger partial charge in [0, 0.05) is 6.54 Å². The zero-order chi connectivity index (χ0) is 11.0. The quantitative estimate of drug-likeness (QED) is 0.589. The Morgan fingerprint density at radius 3 is 2.50 bits per heavy atom. The van der Waals surface area contributed by atoms with Gasteiger partial charge < -0.3 is 9.64 Å². The number of ether oxygens (including phenoxy) is 1. The zero-order valence-corrected chi connectivity index (χ0v) is 9.88. The average Bonchev–Trinajstić information content (AvgIpc) is 2.22. The molecule has 0 bridgehead atoms. The van der Waals surface area contributed by atoms with E-state index in [4.69, 9.17) is 4.74 Å². The van der Waals surface area contributed by atoms with Gasteiger partial charge in [-0.05, 0) is 19.5 Å². The van der Waals surface area contributed by atoms with Gasteiger partial charge >= 0.3 is 5.97 Å². The Balaban J connectivity index is 3.85. The molecule has 1 unspecified atom stereocenters. The van der Waals surface area contributed by atoms with Gasteiger partial charge in [-0.2, -0.15) is 0 Å². The lowest BCUT2D eigenvalue weighted by molar-refractivity contribution is -0.145. The maximum Gasteiger partial charge on any atom is 0.309 e. The number of hydrogen-bond acceptors (Lipinski definition) is 3. The van der Waals surface area contributed by atoms with Gasteiger partial charge in [0.15, 0.2) is 0 Å². The first kappa shape index (κ1) is 13.4. The van der Waals surface area contributed by atoms with Crippen molar-refractivity contribution < 1.29 is 9.53 Å². The van der Waals surface area contributed by atoms with E-state index >= 15 is 0 Å². The van der Waals surface area contributed by atoms with Crippen molar-refractivity contribution in [3.8, 4) is 0 Å². The van der Waals surface area contributed by atoms with Crippen molar-refractivity contribution in [3.05, 3.63) is 0 Å². The van der Waals surface area contributed by atoms with Gasteiger partial charge in [-0.1, -0.05) is 27.2 Å². The Kier molecular flexibility index (Phi) is 7.48. The van der Waals surface area contributed by atoms with E-state index in [9.17, 15) is 4.79 Å². The third kappa shape index (κ3) is 5.22. The number of esters is 1. The van der Waals surface area contributed by atoms with Crippen molar-refractivity contribution in [1.82, 2.24) is 4.90 Å². The molecule has 3 nitrogen and oxygen atoms in total. The minimum absolute atomic E-state index is 0.0168. The van der Waals surface area contributed by atoms with Crippen molar-refractivity contribution in [2.75, 3.05) is 26.7 Å². The van der Waals surface area contributed by atoms with Gasteiger partial charge in [0.1, 0.15) is 0 Å². The van der Waals surface area contributed by atoms with Gasteiger partial charge in [-0.3, -0.25) is 4.79 Å². The fourth-order valence-corrected chi connectivity index (χ4v) is 1.42. The molecule has 3 heteroatoms. The van der Waals surface area contributed by atoms with Crippen LogP contribution in [0.4, 0.5) is 0 Å². The summed E-state index contributed by atoms with van der Waals surface area (Å²) in [5, 5.41) is 0. The number of methoxy groups -OCH3 is 1. The minimum Gasteiger partial charge on any atom is -0.469 e. The molecule has 0 rings (SSSR count). The van der Waals surface area contributed by atoms with Gasteiger partial charge in [0.25, 0.3) is 0 Å². The van der Waals surface area contributed by atoms with Gasteiger partial charge in [0.2, 0.25) is 0 Å². The van der Waals surface area contributed by atoms with Crippen molar-refractivity contribution in [2.45, 2.75) is 33.6 Å². The molecule has 0 aromatic rings.